The summed E-state index contributed by atoms with van der Waals surface area (Å²) in [5.41, 5.74) is 6.38. The van der Waals surface area contributed by atoms with E-state index in [9.17, 15) is 9.59 Å². The maximum atomic E-state index is 12.6. The summed E-state index contributed by atoms with van der Waals surface area (Å²) < 4.78 is 5.84. The molecule has 5 nitrogen and oxygen atoms in total. The molecule has 0 aliphatic carbocycles. The van der Waals surface area contributed by atoms with Gasteiger partial charge < -0.3 is 4.74 Å². The Morgan fingerprint density at radius 1 is 0.897 bits per heavy atom. The van der Waals surface area contributed by atoms with Gasteiger partial charge in [0, 0.05) is 0 Å². The number of para-hydroxylation sites is 1. The Morgan fingerprint density at radius 3 is 2.31 bits per heavy atom. The van der Waals surface area contributed by atoms with Crippen molar-refractivity contribution in [3.63, 3.8) is 0 Å². The van der Waals surface area contributed by atoms with E-state index in [4.69, 9.17) is 4.74 Å². The number of hydrazine groups is 1. The van der Waals surface area contributed by atoms with E-state index in [1.54, 1.807) is 18.2 Å². The molecule has 2 amide bonds. The van der Waals surface area contributed by atoms with Crippen molar-refractivity contribution in [3.8, 4) is 5.75 Å². The molecule has 1 saturated heterocycles. The van der Waals surface area contributed by atoms with Crippen LogP contribution in [0.3, 0.4) is 0 Å². The van der Waals surface area contributed by atoms with Crippen molar-refractivity contribution < 1.29 is 14.3 Å². The van der Waals surface area contributed by atoms with Gasteiger partial charge in [0.1, 0.15) is 17.9 Å². The van der Waals surface area contributed by atoms with Crippen LogP contribution in [0, 0.1) is 6.92 Å². The van der Waals surface area contributed by atoms with Crippen molar-refractivity contribution in [3.05, 3.63) is 101 Å². The summed E-state index contributed by atoms with van der Waals surface area (Å²) in [6, 6.07) is 24.4. The van der Waals surface area contributed by atoms with E-state index in [0.717, 1.165) is 16.9 Å². The van der Waals surface area contributed by atoms with Crippen LogP contribution in [0.25, 0.3) is 6.08 Å². The smallest absolute Gasteiger partial charge is 0.282 e. The summed E-state index contributed by atoms with van der Waals surface area (Å²) in [5, 5.41) is 1.26. The minimum absolute atomic E-state index is 0.0995. The molecule has 5 heteroatoms. The van der Waals surface area contributed by atoms with Gasteiger partial charge in [-0.05, 0) is 54.0 Å². The molecule has 0 atom stereocenters. The fourth-order valence-corrected chi connectivity index (χ4v) is 3.08. The van der Waals surface area contributed by atoms with Crippen molar-refractivity contribution in [1.82, 2.24) is 5.43 Å². The highest BCUT2D eigenvalue weighted by atomic mass is 16.5. The molecule has 1 heterocycles. The molecule has 1 N–H and O–H groups in total. The molecule has 0 unspecified atom stereocenters. The first-order valence-corrected chi connectivity index (χ1v) is 9.31. The number of amides is 2. The topological polar surface area (TPSA) is 58.6 Å². The van der Waals surface area contributed by atoms with Crippen LogP contribution in [0.5, 0.6) is 5.75 Å². The molecule has 0 spiro atoms. The monoisotopic (exact) mass is 384 g/mol. The van der Waals surface area contributed by atoms with E-state index in [0.29, 0.717) is 12.3 Å². The van der Waals surface area contributed by atoms with Gasteiger partial charge in [-0.25, -0.2) is 5.01 Å². The number of aryl methyl sites for hydroxylation is 1. The van der Waals surface area contributed by atoms with Gasteiger partial charge in [-0.1, -0.05) is 54.6 Å². The van der Waals surface area contributed by atoms with E-state index in [1.165, 1.54) is 10.6 Å². The maximum absolute atomic E-state index is 12.6. The van der Waals surface area contributed by atoms with Gasteiger partial charge in [0.25, 0.3) is 11.8 Å². The third-order valence-corrected chi connectivity index (χ3v) is 4.75. The number of benzene rings is 3. The largest absolute Gasteiger partial charge is 0.489 e. The van der Waals surface area contributed by atoms with Gasteiger partial charge in [-0.15, -0.1) is 0 Å². The molecular formula is C24H20N2O3. The quantitative estimate of drug-likeness (QED) is 0.534. The Morgan fingerprint density at radius 2 is 1.59 bits per heavy atom. The molecule has 3 aromatic carbocycles. The predicted molar refractivity (Wildman–Crippen MR) is 112 cm³/mol. The number of carbonyl (C=O) groups is 2. The first-order valence-electron chi connectivity index (χ1n) is 9.31. The Labute approximate surface area is 169 Å². The zero-order valence-corrected chi connectivity index (χ0v) is 16.0. The number of nitrogens with zero attached hydrogens (tertiary/aromatic N) is 1. The van der Waals surface area contributed by atoms with Gasteiger partial charge in [-0.2, -0.15) is 0 Å². The first-order chi connectivity index (χ1) is 14.1. The van der Waals surface area contributed by atoms with Crippen LogP contribution < -0.4 is 15.2 Å². The molecule has 29 heavy (non-hydrogen) atoms. The lowest BCUT2D eigenvalue weighted by molar-refractivity contribution is -0.117. The Hall–Kier alpha value is -3.86. The second-order valence-electron chi connectivity index (χ2n) is 6.76. The van der Waals surface area contributed by atoms with E-state index < -0.39 is 5.91 Å². The highest BCUT2D eigenvalue weighted by Gasteiger charge is 2.34. The minimum atomic E-state index is -0.418. The second kappa shape index (κ2) is 8.02. The summed E-state index contributed by atoms with van der Waals surface area (Å²) in [5.74, 6) is -0.0664. The SMILES string of the molecule is Cc1ccccc1COc1ccc(C=C2C(=O)NN(c3ccccc3)C2=O)cc1. The molecule has 4 rings (SSSR count). The average Bonchev–Trinajstić information content (AvgIpc) is 3.03. The third kappa shape index (κ3) is 4.04. The molecule has 0 radical (unpaired) electrons. The second-order valence-corrected chi connectivity index (χ2v) is 6.76. The fraction of sp³-hybridized carbons (Fsp3) is 0.0833. The van der Waals surface area contributed by atoms with E-state index >= 15 is 0 Å². The van der Waals surface area contributed by atoms with E-state index in [2.05, 4.69) is 18.4 Å². The molecule has 0 aromatic heterocycles. The first kappa shape index (κ1) is 18.5. The van der Waals surface area contributed by atoms with E-state index in [-0.39, 0.29) is 11.5 Å². The standard InChI is InChI=1S/C24H20N2O3/c1-17-7-5-6-8-19(17)16-29-21-13-11-18(12-14-21)15-22-23(27)25-26(24(22)28)20-9-3-2-4-10-20/h2-15H,16H2,1H3,(H,25,27). The van der Waals surface area contributed by atoms with Crippen LogP contribution in [0.2, 0.25) is 0 Å². The lowest BCUT2D eigenvalue weighted by Crippen LogP contribution is -2.35. The molecule has 1 aliphatic heterocycles. The number of hydrogen-bond donors (Lipinski definition) is 1. The van der Waals surface area contributed by atoms with Crippen molar-refractivity contribution in [2.75, 3.05) is 5.01 Å². The van der Waals surface area contributed by atoms with Crippen LogP contribution >= 0.6 is 0 Å². The molecule has 0 bridgehead atoms. The van der Waals surface area contributed by atoms with Gasteiger partial charge in [0.2, 0.25) is 0 Å². The van der Waals surface area contributed by atoms with Crippen LogP contribution in [0.4, 0.5) is 5.69 Å². The maximum Gasteiger partial charge on any atom is 0.282 e. The minimum Gasteiger partial charge on any atom is -0.489 e. The zero-order chi connectivity index (χ0) is 20.2. The van der Waals surface area contributed by atoms with Crippen LogP contribution in [0.1, 0.15) is 16.7 Å². The summed E-state index contributed by atoms with van der Waals surface area (Å²) in [4.78, 5) is 24.9. The van der Waals surface area contributed by atoms with Gasteiger partial charge >= 0.3 is 0 Å². The molecule has 3 aromatic rings. The molecule has 0 saturated carbocycles. The van der Waals surface area contributed by atoms with Gasteiger partial charge in [-0.3, -0.25) is 15.0 Å². The Balaban J connectivity index is 1.46. The van der Waals surface area contributed by atoms with Gasteiger partial charge in [0.05, 0.1) is 5.69 Å². The van der Waals surface area contributed by atoms with Gasteiger partial charge in [0.15, 0.2) is 0 Å². The van der Waals surface area contributed by atoms with Crippen molar-refractivity contribution in [2.45, 2.75) is 13.5 Å². The molecule has 1 aliphatic rings. The number of ether oxygens (including phenoxy) is 1. The number of hydrogen-bond acceptors (Lipinski definition) is 3. The summed E-state index contributed by atoms with van der Waals surface area (Å²) >= 11 is 0. The number of carbonyl (C=O) groups excluding carboxylic acids is 2. The number of anilines is 1. The lowest BCUT2D eigenvalue weighted by atomic mass is 10.1. The van der Waals surface area contributed by atoms with Crippen molar-refractivity contribution in [2.24, 2.45) is 0 Å². The van der Waals surface area contributed by atoms with Crippen LogP contribution in [-0.2, 0) is 16.2 Å². The lowest BCUT2D eigenvalue weighted by Gasteiger charge is -2.13. The molecule has 144 valence electrons. The normalized spacial score (nSPS) is 14.9. The Kier molecular flexibility index (Phi) is 5.12. The van der Waals surface area contributed by atoms with Crippen molar-refractivity contribution >= 4 is 23.6 Å². The van der Waals surface area contributed by atoms with Crippen molar-refractivity contribution in [1.29, 1.82) is 0 Å². The number of nitrogens with one attached hydrogen (secondary N) is 1. The number of rotatable bonds is 5. The summed E-state index contributed by atoms with van der Waals surface area (Å²) in [7, 11) is 0. The summed E-state index contributed by atoms with van der Waals surface area (Å²) in [6.07, 6.45) is 1.59. The molecule has 1 fully saturated rings. The fourth-order valence-electron chi connectivity index (χ4n) is 3.08. The summed E-state index contributed by atoms with van der Waals surface area (Å²) in [6.45, 7) is 2.54. The van der Waals surface area contributed by atoms with Crippen LogP contribution in [-0.4, -0.2) is 11.8 Å². The van der Waals surface area contributed by atoms with Crippen LogP contribution in [0.15, 0.2) is 84.4 Å². The predicted octanol–water partition coefficient (Wildman–Crippen LogP) is 4.04. The highest BCUT2D eigenvalue weighted by molar-refractivity contribution is 6.31. The third-order valence-electron chi connectivity index (χ3n) is 4.75. The average molecular weight is 384 g/mol. The Bertz CT molecular complexity index is 1070. The highest BCUT2D eigenvalue weighted by Crippen LogP contribution is 2.22. The zero-order valence-electron chi connectivity index (χ0n) is 16.0. The molecular weight excluding hydrogens is 364 g/mol. The van der Waals surface area contributed by atoms with E-state index in [1.807, 2.05) is 60.7 Å².